The highest BCUT2D eigenvalue weighted by Gasteiger charge is 2.16. The van der Waals surface area contributed by atoms with Gasteiger partial charge in [-0.2, -0.15) is 0 Å². The highest BCUT2D eigenvalue weighted by Crippen LogP contribution is 2.24. The first kappa shape index (κ1) is 11.3. The van der Waals surface area contributed by atoms with Crippen LogP contribution < -0.4 is 5.32 Å². The van der Waals surface area contributed by atoms with Gasteiger partial charge in [-0.1, -0.05) is 43.7 Å². The van der Waals surface area contributed by atoms with Crippen LogP contribution in [-0.2, 0) is 0 Å². The largest absolute Gasteiger partial charge is 0.317 e. The van der Waals surface area contributed by atoms with E-state index in [1.165, 1.54) is 18.4 Å². The molecule has 0 saturated carbocycles. The maximum Gasteiger partial charge on any atom is 0.0104 e. The van der Waals surface area contributed by atoms with Crippen LogP contribution in [0, 0.1) is 0 Å². The lowest BCUT2D eigenvalue weighted by Gasteiger charge is -2.23. The molecule has 1 aromatic rings. The Kier molecular flexibility index (Phi) is 4.68. The Hall–Kier alpha value is -0.820. The molecule has 0 radical (unpaired) electrons. The Balaban J connectivity index is 2.77. The molecule has 0 aliphatic heterocycles. The topological polar surface area (TPSA) is 12.0 Å². The van der Waals surface area contributed by atoms with Crippen LogP contribution in [0.15, 0.2) is 30.3 Å². The van der Waals surface area contributed by atoms with Crippen molar-refractivity contribution in [3.63, 3.8) is 0 Å². The Morgan fingerprint density at radius 3 is 2.36 bits per heavy atom. The third kappa shape index (κ3) is 2.85. The van der Waals surface area contributed by atoms with Gasteiger partial charge in [0.05, 0.1) is 0 Å². The van der Waals surface area contributed by atoms with E-state index in [0.29, 0.717) is 12.0 Å². The van der Waals surface area contributed by atoms with Gasteiger partial charge in [0.1, 0.15) is 0 Å². The van der Waals surface area contributed by atoms with Crippen molar-refractivity contribution in [2.75, 3.05) is 7.05 Å². The van der Waals surface area contributed by atoms with E-state index in [1.807, 2.05) is 7.05 Å². The zero-order chi connectivity index (χ0) is 10.4. The zero-order valence-corrected chi connectivity index (χ0v) is 9.46. The maximum atomic E-state index is 3.35. The molecule has 2 atom stereocenters. The lowest BCUT2D eigenvalue weighted by molar-refractivity contribution is 0.464. The van der Waals surface area contributed by atoms with Crippen molar-refractivity contribution in [1.29, 1.82) is 0 Å². The van der Waals surface area contributed by atoms with E-state index in [-0.39, 0.29) is 0 Å². The molecular weight excluding hydrogens is 170 g/mol. The Bertz CT molecular complexity index is 243. The van der Waals surface area contributed by atoms with Crippen molar-refractivity contribution in [3.8, 4) is 0 Å². The lowest BCUT2D eigenvalue weighted by atomic mass is 9.88. The molecule has 14 heavy (non-hydrogen) atoms. The van der Waals surface area contributed by atoms with Crippen LogP contribution in [0.1, 0.15) is 38.2 Å². The van der Waals surface area contributed by atoms with Crippen LogP contribution in [0.2, 0.25) is 0 Å². The summed E-state index contributed by atoms with van der Waals surface area (Å²) in [6.07, 6.45) is 2.50. The summed E-state index contributed by atoms with van der Waals surface area (Å²) in [5, 5.41) is 3.35. The van der Waals surface area contributed by atoms with E-state index < -0.39 is 0 Å². The molecule has 0 saturated heterocycles. The predicted molar refractivity (Wildman–Crippen MR) is 62.6 cm³/mol. The molecular formula is C13H21N. The maximum absolute atomic E-state index is 3.35. The van der Waals surface area contributed by atoms with Crippen LogP contribution in [0.25, 0.3) is 0 Å². The summed E-state index contributed by atoms with van der Waals surface area (Å²) in [4.78, 5) is 0. The fourth-order valence-electron chi connectivity index (χ4n) is 1.92. The summed E-state index contributed by atoms with van der Waals surface area (Å²) in [7, 11) is 2.04. The number of likely N-dealkylation sites (N-methyl/N-ethyl adjacent to an activating group) is 1. The molecule has 2 unspecified atom stereocenters. The van der Waals surface area contributed by atoms with Crippen LogP contribution in [0.5, 0.6) is 0 Å². The molecule has 0 bridgehead atoms. The van der Waals surface area contributed by atoms with E-state index in [4.69, 9.17) is 0 Å². The number of benzene rings is 1. The minimum Gasteiger partial charge on any atom is -0.317 e. The smallest absolute Gasteiger partial charge is 0.0104 e. The second-order valence-corrected chi connectivity index (χ2v) is 3.88. The van der Waals surface area contributed by atoms with Crippen molar-refractivity contribution in [2.45, 2.75) is 38.6 Å². The van der Waals surface area contributed by atoms with Gasteiger partial charge in [-0.15, -0.1) is 0 Å². The fourth-order valence-corrected chi connectivity index (χ4v) is 1.92. The summed E-state index contributed by atoms with van der Waals surface area (Å²) in [5.41, 5.74) is 1.45. The van der Waals surface area contributed by atoms with E-state index in [1.54, 1.807) is 0 Å². The van der Waals surface area contributed by atoms with Crippen molar-refractivity contribution >= 4 is 0 Å². The quantitative estimate of drug-likeness (QED) is 0.753. The molecule has 78 valence electrons. The summed E-state index contributed by atoms with van der Waals surface area (Å²) in [6, 6.07) is 11.3. The average Bonchev–Trinajstić information content (AvgIpc) is 2.26. The van der Waals surface area contributed by atoms with Crippen molar-refractivity contribution in [1.82, 2.24) is 5.32 Å². The lowest BCUT2D eigenvalue weighted by Crippen LogP contribution is -2.28. The van der Waals surface area contributed by atoms with Crippen LogP contribution >= 0.6 is 0 Å². The minimum atomic E-state index is 0.553. The van der Waals surface area contributed by atoms with Gasteiger partial charge >= 0.3 is 0 Å². The molecule has 0 spiro atoms. The molecule has 0 aliphatic rings. The van der Waals surface area contributed by atoms with Gasteiger partial charge in [0.2, 0.25) is 0 Å². The molecule has 1 heteroatoms. The number of nitrogens with one attached hydrogen (secondary N) is 1. The first-order valence-corrected chi connectivity index (χ1v) is 5.51. The average molecular weight is 191 g/mol. The zero-order valence-electron chi connectivity index (χ0n) is 9.46. The van der Waals surface area contributed by atoms with Gasteiger partial charge < -0.3 is 5.32 Å². The van der Waals surface area contributed by atoms with Gasteiger partial charge in [-0.05, 0) is 31.9 Å². The van der Waals surface area contributed by atoms with Crippen LogP contribution in [-0.4, -0.2) is 13.1 Å². The van der Waals surface area contributed by atoms with Crippen molar-refractivity contribution in [2.24, 2.45) is 0 Å². The summed E-state index contributed by atoms with van der Waals surface area (Å²) < 4.78 is 0. The SMILES string of the molecule is CCCC(c1ccccc1)C(C)NC. The molecule has 0 fully saturated rings. The molecule has 1 N–H and O–H groups in total. The summed E-state index contributed by atoms with van der Waals surface area (Å²) >= 11 is 0. The third-order valence-electron chi connectivity index (χ3n) is 2.89. The number of rotatable bonds is 5. The van der Waals surface area contributed by atoms with E-state index in [2.05, 4.69) is 49.5 Å². The number of hydrogen-bond donors (Lipinski definition) is 1. The first-order chi connectivity index (χ1) is 6.79. The molecule has 0 amide bonds. The van der Waals surface area contributed by atoms with Crippen molar-refractivity contribution in [3.05, 3.63) is 35.9 Å². The van der Waals surface area contributed by atoms with E-state index in [0.717, 1.165) is 0 Å². The second-order valence-electron chi connectivity index (χ2n) is 3.88. The highest BCUT2D eigenvalue weighted by molar-refractivity contribution is 5.20. The fraction of sp³-hybridized carbons (Fsp3) is 0.538. The summed E-state index contributed by atoms with van der Waals surface area (Å²) in [5.74, 6) is 0.645. The molecule has 1 rings (SSSR count). The van der Waals surface area contributed by atoms with E-state index >= 15 is 0 Å². The van der Waals surface area contributed by atoms with Crippen LogP contribution in [0.3, 0.4) is 0 Å². The first-order valence-electron chi connectivity index (χ1n) is 5.51. The molecule has 0 aliphatic carbocycles. The minimum absolute atomic E-state index is 0.553. The van der Waals surface area contributed by atoms with Gasteiger partial charge in [0.15, 0.2) is 0 Å². The van der Waals surface area contributed by atoms with Crippen molar-refractivity contribution < 1.29 is 0 Å². The van der Waals surface area contributed by atoms with Gasteiger partial charge in [0, 0.05) is 6.04 Å². The molecule has 1 aromatic carbocycles. The predicted octanol–water partition coefficient (Wildman–Crippen LogP) is 3.18. The highest BCUT2D eigenvalue weighted by atomic mass is 14.9. The summed E-state index contributed by atoms with van der Waals surface area (Å²) in [6.45, 7) is 4.51. The second kappa shape index (κ2) is 5.82. The molecule has 1 nitrogen and oxygen atoms in total. The normalized spacial score (nSPS) is 15.1. The van der Waals surface area contributed by atoms with Crippen LogP contribution in [0.4, 0.5) is 0 Å². The molecule has 0 heterocycles. The Morgan fingerprint density at radius 1 is 1.21 bits per heavy atom. The monoisotopic (exact) mass is 191 g/mol. The van der Waals surface area contributed by atoms with Gasteiger partial charge in [-0.25, -0.2) is 0 Å². The number of hydrogen-bond acceptors (Lipinski definition) is 1. The Morgan fingerprint density at radius 2 is 1.86 bits per heavy atom. The standard InChI is InChI=1S/C13H21N/c1-4-8-13(11(2)14-3)12-9-6-5-7-10-12/h5-7,9-11,13-14H,4,8H2,1-3H3. The Labute approximate surface area is 87.5 Å². The van der Waals surface area contributed by atoms with E-state index in [9.17, 15) is 0 Å². The molecule has 0 aromatic heterocycles. The third-order valence-corrected chi connectivity index (χ3v) is 2.89. The van der Waals surface area contributed by atoms with Gasteiger partial charge in [0.25, 0.3) is 0 Å². The van der Waals surface area contributed by atoms with Gasteiger partial charge in [-0.3, -0.25) is 0 Å².